The number of rotatable bonds is 8. The fourth-order valence-electron chi connectivity index (χ4n) is 2.08. The Morgan fingerprint density at radius 3 is 2.48 bits per heavy atom. The summed E-state index contributed by atoms with van der Waals surface area (Å²) in [5.41, 5.74) is 0.301. The van der Waals surface area contributed by atoms with E-state index in [9.17, 15) is 19.2 Å². The standard InChI is InChI=1S/C16H16BFO5/c18-14-6-7-15(16(17(20)21)13(14)10-19)23-9-8-22-11-12-4-2-1-3-5-12/h1-7,10,20-21H,8-9,11H2. The van der Waals surface area contributed by atoms with Gasteiger partial charge in [0.1, 0.15) is 18.2 Å². The molecule has 0 aliphatic rings. The molecule has 0 atom stereocenters. The molecular formula is C16H16BFO5. The molecule has 0 aliphatic heterocycles. The Morgan fingerprint density at radius 1 is 1.09 bits per heavy atom. The Hall–Kier alpha value is -2.22. The molecular weight excluding hydrogens is 302 g/mol. The zero-order valence-electron chi connectivity index (χ0n) is 12.3. The maximum absolute atomic E-state index is 13.5. The lowest BCUT2D eigenvalue weighted by molar-refractivity contribution is 0.0891. The van der Waals surface area contributed by atoms with Crippen LogP contribution >= 0.6 is 0 Å². The number of benzene rings is 2. The van der Waals surface area contributed by atoms with Crippen molar-refractivity contribution in [1.82, 2.24) is 0 Å². The SMILES string of the molecule is O=Cc1c(F)ccc(OCCOCc2ccccc2)c1B(O)O. The van der Waals surface area contributed by atoms with Gasteiger partial charge in [-0.3, -0.25) is 4.79 Å². The first kappa shape index (κ1) is 17.1. The van der Waals surface area contributed by atoms with Crippen molar-refractivity contribution in [1.29, 1.82) is 0 Å². The van der Waals surface area contributed by atoms with E-state index < -0.39 is 18.5 Å². The number of ether oxygens (including phenoxy) is 2. The van der Waals surface area contributed by atoms with Crippen LogP contribution in [-0.4, -0.2) is 36.7 Å². The first-order valence-electron chi connectivity index (χ1n) is 7.01. The van der Waals surface area contributed by atoms with Gasteiger partial charge in [0, 0.05) is 5.46 Å². The second kappa shape index (κ2) is 8.43. The molecule has 7 heteroatoms. The molecule has 2 N–H and O–H groups in total. The van der Waals surface area contributed by atoms with Gasteiger partial charge in [-0.15, -0.1) is 0 Å². The van der Waals surface area contributed by atoms with Gasteiger partial charge in [0.05, 0.1) is 18.8 Å². The van der Waals surface area contributed by atoms with Crippen molar-refractivity contribution in [2.24, 2.45) is 0 Å². The molecule has 0 spiro atoms. The maximum Gasteiger partial charge on any atom is 0.493 e. The van der Waals surface area contributed by atoms with Crippen molar-refractivity contribution in [2.45, 2.75) is 6.61 Å². The summed E-state index contributed by atoms with van der Waals surface area (Å²) in [5.74, 6) is -0.803. The Morgan fingerprint density at radius 2 is 1.83 bits per heavy atom. The molecule has 2 aromatic carbocycles. The van der Waals surface area contributed by atoms with E-state index >= 15 is 0 Å². The molecule has 0 bridgehead atoms. The van der Waals surface area contributed by atoms with Crippen molar-refractivity contribution in [2.75, 3.05) is 13.2 Å². The molecule has 23 heavy (non-hydrogen) atoms. The lowest BCUT2D eigenvalue weighted by Crippen LogP contribution is -2.35. The first-order valence-corrected chi connectivity index (χ1v) is 7.01. The van der Waals surface area contributed by atoms with Gasteiger partial charge in [0.2, 0.25) is 0 Å². The molecule has 0 aromatic heterocycles. The Balaban J connectivity index is 1.92. The van der Waals surface area contributed by atoms with Gasteiger partial charge in [-0.1, -0.05) is 30.3 Å². The largest absolute Gasteiger partial charge is 0.493 e. The third kappa shape index (κ3) is 4.62. The third-order valence-corrected chi connectivity index (χ3v) is 3.17. The van der Waals surface area contributed by atoms with Crippen molar-refractivity contribution in [3.05, 3.63) is 59.4 Å². The highest BCUT2D eigenvalue weighted by Gasteiger charge is 2.24. The first-order chi connectivity index (χ1) is 11.1. The molecule has 0 heterocycles. The van der Waals surface area contributed by atoms with Gasteiger partial charge in [0.15, 0.2) is 6.29 Å². The van der Waals surface area contributed by atoms with E-state index in [0.717, 1.165) is 11.6 Å². The van der Waals surface area contributed by atoms with Crippen molar-refractivity contribution in [3.8, 4) is 5.75 Å². The van der Waals surface area contributed by atoms with Crippen LogP contribution < -0.4 is 10.2 Å². The monoisotopic (exact) mass is 318 g/mol. The number of carbonyl (C=O) groups excluding carboxylic acids is 1. The van der Waals surface area contributed by atoms with Crippen LogP contribution in [0.5, 0.6) is 5.75 Å². The summed E-state index contributed by atoms with van der Waals surface area (Å²) >= 11 is 0. The van der Waals surface area contributed by atoms with E-state index in [1.54, 1.807) is 0 Å². The highest BCUT2D eigenvalue weighted by molar-refractivity contribution is 6.61. The van der Waals surface area contributed by atoms with Crippen LogP contribution in [0.4, 0.5) is 4.39 Å². The molecule has 120 valence electrons. The molecule has 0 saturated carbocycles. The lowest BCUT2D eigenvalue weighted by Gasteiger charge is -2.13. The van der Waals surface area contributed by atoms with Gasteiger partial charge in [-0.2, -0.15) is 0 Å². The van der Waals surface area contributed by atoms with E-state index in [2.05, 4.69) is 0 Å². The predicted molar refractivity (Wildman–Crippen MR) is 83.2 cm³/mol. The highest BCUT2D eigenvalue weighted by Crippen LogP contribution is 2.14. The van der Waals surface area contributed by atoms with Crippen LogP contribution in [0.2, 0.25) is 0 Å². The van der Waals surface area contributed by atoms with E-state index in [1.807, 2.05) is 30.3 Å². The minimum atomic E-state index is -2.01. The van der Waals surface area contributed by atoms with Gasteiger partial charge >= 0.3 is 7.12 Å². The lowest BCUT2D eigenvalue weighted by atomic mass is 9.76. The fourth-order valence-corrected chi connectivity index (χ4v) is 2.08. The van der Waals surface area contributed by atoms with Crippen LogP contribution in [0.25, 0.3) is 0 Å². The molecule has 0 amide bonds. The second-order valence-electron chi connectivity index (χ2n) is 4.75. The summed E-state index contributed by atoms with van der Waals surface area (Å²) in [6.45, 7) is 0.794. The molecule has 0 radical (unpaired) electrons. The molecule has 0 unspecified atom stereocenters. The average molecular weight is 318 g/mol. The van der Waals surface area contributed by atoms with E-state index in [4.69, 9.17) is 9.47 Å². The summed E-state index contributed by atoms with van der Waals surface area (Å²) in [7, 11) is -2.01. The normalized spacial score (nSPS) is 10.4. The Kier molecular flexibility index (Phi) is 6.28. The van der Waals surface area contributed by atoms with Gasteiger partial charge < -0.3 is 19.5 Å². The number of carbonyl (C=O) groups is 1. The van der Waals surface area contributed by atoms with Crippen LogP contribution in [0.1, 0.15) is 15.9 Å². The van der Waals surface area contributed by atoms with E-state index in [0.29, 0.717) is 6.61 Å². The Labute approximate surface area is 133 Å². The van der Waals surface area contributed by atoms with Crippen molar-refractivity contribution in [3.63, 3.8) is 0 Å². The number of hydrogen-bond donors (Lipinski definition) is 2. The second-order valence-corrected chi connectivity index (χ2v) is 4.75. The van der Waals surface area contributed by atoms with Gasteiger partial charge in [-0.25, -0.2) is 4.39 Å². The Bertz CT molecular complexity index is 648. The van der Waals surface area contributed by atoms with Gasteiger partial charge in [-0.05, 0) is 17.7 Å². The molecule has 2 rings (SSSR count). The minimum absolute atomic E-state index is 0.0341. The number of hydrogen-bond acceptors (Lipinski definition) is 5. The molecule has 5 nitrogen and oxygen atoms in total. The predicted octanol–water partition coefficient (Wildman–Crippen LogP) is 0.914. The summed E-state index contributed by atoms with van der Waals surface area (Å²) < 4.78 is 24.3. The van der Waals surface area contributed by atoms with Crippen LogP contribution in [-0.2, 0) is 11.3 Å². The smallest absolute Gasteiger partial charge is 0.492 e. The van der Waals surface area contributed by atoms with Crippen molar-refractivity contribution >= 4 is 18.9 Å². The third-order valence-electron chi connectivity index (χ3n) is 3.17. The quantitative estimate of drug-likeness (QED) is 0.430. The van der Waals surface area contributed by atoms with Gasteiger partial charge in [0.25, 0.3) is 0 Å². The van der Waals surface area contributed by atoms with E-state index in [-0.39, 0.29) is 30.7 Å². The fraction of sp³-hybridized carbons (Fsp3) is 0.188. The number of halogens is 1. The molecule has 0 saturated heterocycles. The number of aldehydes is 1. The summed E-state index contributed by atoms with van der Waals surface area (Å²) in [5, 5.41) is 18.6. The minimum Gasteiger partial charge on any atom is -0.492 e. The molecule has 2 aromatic rings. The maximum atomic E-state index is 13.5. The van der Waals surface area contributed by atoms with E-state index in [1.165, 1.54) is 6.07 Å². The summed E-state index contributed by atoms with van der Waals surface area (Å²) in [6.07, 6.45) is 0.225. The zero-order chi connectivity index (χ0) is 16.7. The van der Waals surface area contributed by atoms with Crippen LogP contribution in [0.3, 0.4) is 0 Å². The van der Waals surface area contributed by atoms with Crippen molar-refractivity contribution < 1.29 is 28.7 Å². The average Bonchev–Trinajstić information content (AvgIpc) is 2.56. The van der Waals surface area contributed by atoms with Crippen LogP contribution in [0, 0.1) is 5.82 Å². The molecule has 0 fully saturated rings. The zero-order valence-corrected chi connectivity index (χ0v) is 12.3. The van der Waals surface area contributed by atoms with Crippen LogP contribution in [0.15, 0.2) is 42.5 Å². The summed E-state index contributed by atoms with van der Waals surface area (Å²) in [6, 6.07) is 11.9. The molecule has 0 aliphatic carbocycles. The summed E-state index contributed by atoms with van der Waals surface area (Å²) in [4.78, 5) is 10.9. The topological polar surface area (TPSA) is 76.0 Å². The highest BCUT2D eigenvalue weighted by atomic mass is 19.1.